The second-order valence-electron chi connectivity index (χ2n) is 5.89. The van der Waals surface area contributed by atoms with Crippen molar-refractivity contribution in [3.8, 4) is 6.07 Å². The lowest BCUT2D eigenvalue weighted by Crippen LogP contribution is -2.49. The lowest BCUT2D eigenvalue weighted by atomic mass is 9.86. The number of rotatable bonds is 3. The van der Waals surface area contributed by atoms with Crippen molar-refractivity contribution in [1.29, 1.82) is 5.26 Å². The maximum Gasteiger partial charge on any atom is 0.240 e. The van der Waals surface area contributed by atoms with Gasteiger partial charge >= 0.3 is 0 Å². The van der Waals surface area contributed by atoms with Crippen molar-refractivity contribution in [2.75, 3.05) is 7.11 Å². The van der Waals surface area contributed by atoms with Crippen molar-refractivity contribution < 1.29 is 9.53 Å². The summed E-state index contributed by atoms with van der Waals surface area (Å²) in [6.45, 7) is 0. The monoisotopic (exact) mass is 264 g/mol. The zero-order chi connectivity index (χ0) is 13.7. The van der Waals surface area contributed by atoms with Gasteiger partial charge in [-0.15, -0.1) is 0 Å². The first-order chi connectivity index (χ1) is 9.22. The highest BCUT2D eigenvalue weighted by molar-refractivity contribution is 5.86. The summed E-state index contributed by atoms with van der Waals surface area (Å²) in [4.78, 5) is 12.5. The summed E-state index contributed by atoms with van der Waals surface area (Å²) >= 11 is 0. The van der Waals surface area contributed by atoms with Gasteiger partial charge in [-0.05, 0) is 25.7 Å². The normalized spacial score (nSPS) is 30.3. The molecular formula is C15H24N2O2. The smallest absolute Gasteiger partial charge is 0.240 e. The molecule has 0 aromatic heterocycles. The van der Waals surface area contributed by atoms with Crippen LogP contribution in [0.1, 0.15) is 57.8 Å². The van der Waals surface area contributed by atoms with E-state index >= 15 is 0 Å². The van der Waals surface area contributed by atoms with E-state index in [9.17, 15) is 10.1 Å². The maximum absolute atomic E-state index is 12.5. The number of hydrogen-bond donors (Lipinski definition) is 1. The minimum absolute atomic E-state index is 0.0681. The van der Waals surface area contributed by atoms with Crippen molar-refractivity contribution in [2.45, 2.75) is 69.9 Å². The van der Waals surface area contributed by atoms with Crippen LogP contribution in [0.15, 0.2) is 0 Å². The Morgan fingerprint density at radius 1 is 1.21 bits per heavy atom. The molecule has 0 heterocycles. The summed E-state index contributed by atoms with van der Waals surface area (Å²) in [5.74, 6) is -0.0681. The third kappa shape index (κ3) is 3.09. The Balaban J connectivity index is 2.02. The molecule has 2 rings (SSSR count). The van der Waals surface area contributed by atoms with E-state index in [4.69, 9.17) is 4.74 Å². The average Bonchev–Trinajstić information content (AvgIpc) is 2.81. The fraction of sp³-hybridized carbons (Fsp3) is 0.867. The van der Waals surface area contributed by atoms with Gasteiger partial charge in [-0.25, -0.2) is 0 Å². The molecule has 4 nitrogen and oxygen atoms in total. The SMILES string of the molecule is CO[C@H]1CCCCC[C@H]1NC(=O)C1(C#N)CCCC1. The highest BCUT2D eigenvalue weighted by Gasteiger charge is 2.42. The molecule has 0 aliphatic heterocycles. The topological polar surface area (TPSA) is 62.1 Å². The van der Waals surface area contributed by atoms with Crippen LogP contribution in [-0.4, -0.2) is 25.2 Å². The van der Waals surface area contributed by atoms with E-state index in [0.717, 1.165) is 38.5 Å². The van der Waals surface area contributed by atoms with E-state index in [2.05, 4.69) is 11.4 Å². The van der Waals surface area contributed by atoms with Gasteiger partial charge in [0.15, 0.2) is 0 Å². The van der Waals surface area contributed by atoms with Crippen molar-refractivity contribution in [2.24, 2.45) is 5.41 Å². The second-order valence-corrected chi connectivity index (χ2v) is 5.89. The van der Waals surface area contributed by atoms with Gasteiger partial charge in [-0.2, -0.15) is 5.26 Å². The number of nitrogens with zero attached hydrogens (tertiary/aromatic N) is 1. The molecule has 2 aliphatic carbocycles. The number of carbonyl (C=O) groups excluding carboxylic acids is 1. The molecule has 0 saturated heterocycles. The number of hydrogen-bond acceptors (Lipinski definition) is 3. The van der Waals surface area contributed by atoms with Gasteiger partial charge in [0.25, 0.3) is 0 Å². The predicted octanol–water partition coefficient (Wildman–Crippen LogP) is 2.53. The highest BCUT2D eigenvalue weighted by Crippen LogP contribution is 2.38. The third-order valence-electron chi connectivity index (χ3n) is 4.68. The molecule has 0 spiro atoms. The molecule has 0 radical (unpaired) electrons. The van der Waals surface area contributed by atoms with Gasteiger partial charge in [0.05, 0.1) is 18.2 Å². The Morgan fingerprint density at radius 3 is 2.53 bits per heavy atom. The van der Waals surface area contributed by atoms with E-state index in [1.165, 1.54) is 6.42 Å². The molecule has 0 aromatic rings. The molecule has 106 valence electrons. The summed E-state index contributed by atoms with van der Waals surface area (Å²) < 4.78 is 5.52. The van der Waals surface area contributed by atoms with Crippen LogP contribution in [0.25, 0.3) is 0 Å². The summed E-state index contributed by atoms with van der Waals surface area (Å²) in [6.07, 6.45) is 8.95. The lowest BCUT2D eigenvalue weighted by molar-refractivity contribution is -0.129. The van der Waals surface area contributed by atoms with Crippen molar-refractivity contribution in [3.63, 3.8) is 0 Å². The Hall–Kier alpha value is -1.08. The van der Waals surface area contributed by atoms with Crippen LogP contribution in [0, 0.1) is 16.7 Å². The minimum Gasteiger partial charge on any atom is -0.379 e. The van der Waals surface area contributed by atoms with E-state index in [-0.39, 0.29) is 18.1 Å². The quantitative estimate of drug-likeness (QED) is 0.797. The molecule has 0 unspecified atom stereocenters. The van der Waals surface area contributed by atoms with Crippen LogP contribution in [0.5, 0.6) is 0 Å². The fourth-order valence-corrected chi connectivity index (χ4v) is 3.40. The summed E-state index contributed by atoms with van der Waals surface area (Å²) in [6, 6.07) is 2.34. The Kier molecular flexibility index (Phi) is 4.81. The molecule has 2 saturated carbocycles. The lowest BCUT2D eigenvalue weighted by Gasteiger charge is -2.28. The Bertz CT molecular complexity index is 356. The molecule has 2 atom stereocenters. The van der Waals surface area contributed by atoms with E-state index in [1.807, 2.05) is 0 Å². The van der Waals surface area contributed by atoms with Crippen LogP contribution in [-0.2, 0) is 9.53 Å². The minimum atomic E-state index is -0.773. The maximum atomic E-state index is 12.5. The number of ether oxygens (including phenoxy) is 1. The molecule has 0 aromatic carbocycles. The van der Waals surface area contributed by atoms with Gasteiger partial charge in [0, 0.05) is 7.11 Å². The highest BCUT2D eigenvalue weighted by atomic mass is 16.5. The first-order valence-corrected chi connectivity index (χ1v) is 7.47. The van der Waals surface area contributed by atoms with Gasteiger partial charge in [-0.1, -0.05) is 32.1 Å². The number of amides is 1. The molecule has 1 amide bonds. The van der Waals surface area contributed by atoms with Crippen molar-refractivity contribution in [3.05, 3.63) is 0 Å². The Morgan fingerprint density at radius 2 is 1.89 bits per heavy atom. The van der Waals surface area contributed by atoms with E-state index < -0.39 is 5.41 Å². The number of nitriles is 1. The first-order valence-electron chi connectivity index (χ1n) is 7.47. The zero-order valence-corrected chi connectivity index (χ0v) is 11.8. The third-order valence-corrected chi connectivity index (χ3v) is 4.68. The largest absolute Gasteiger partial charge is 0.379 e. The first kappa shape index (κ1) is 14.3. The van der Waals surface area contributed by atoms with Gasteiger partial charge < -0.3 is 10.1 Å². The number of nitrogens with one attached hydrogen (secondary N) is 1. The van der Waals surface area contributed by atoms with Crippen LogP contribution in [0.4, 0.5) is 0 Å². The predicted molar refractivity (Wildman–Crippen MR) is 72.3 cm³/mol. The zero-order valence-electron chi connectivity index (χ0n) is 11.8. The average molecular weight is 264 g/mol. The fourth-order valence-electron chi connectivity index (χ4n) is 3.40. The van der Waals surface area contributed by atoms with E-state index in [0.29, 0.717) is 12.8 Å². The Labute approximate surface area is 115 Å². The van der Waals surface area contributed by atoms with Crippen molar-refractivity contribution in [1.82, 2.24) is 5.32 Å². The molecule has 0 bridgehead atoms. The van der Waals surface area contributed by atoms with Crippen LogP contribution >= 0.6 is 0 Å². The van der Waals surface area contributed by atoms with Gasteiger partial charge in [0.1, 0.15) is 5.41 Å². The molecule has 4 heteroatoms. The molecule has 2 fully saturated rings. The molecule has 2 aliphatic rings. The van der Waals surface area contributed by atoms with Crippen LogP contribution in [0.3, 0.4) is 0 Å². The second kappa shape index (κ2) is 6.38. The van der Waals surface area contributed by atoms with Gasteiger partial charge in [0.2, 0.25) is 5.91 Å². The van der Waals surface area contributed by atoms with Crippen LogP contribution < -0.4 is 5.32 Å². The summed E-state index contributed by atoms with van der Waals surface area (Å²) in [7, 11) is 1.71. The summed E-state index contributed by atoms with van der Waals surface area (Å²) in [5.41, 5.74) is -0.773. The molecule has 19 heavy (non-hydrogen) atoms. The standard InChI is InChI=1S/C15H24N2O2/c1-19-13-8-4-2-3-7-12(13)17-14(18)15(11-16)9-5-6-10-15/h12-13H,2-10H2,1H3,(H,17,18)/t12-,13+/m1/s1. The van der Waals surface area contributed by atoms with Crippen molar-refractivity contribution >= 4 is 5.91 Å². The number of carbonyl (C=O) groups is 1. The van der Waals surface area contributed by atoms with Gasteiger partial charge in [-0.3, -0.25) is 4.79 Å². The molecule has 1 N–H and O–H groups in total. The number of methoxy groups -OCH3 is 1. The molecular weight excluding hydrogens is 240 g/mol. The summed E-state index contributed by atoms with van der Waals surface area (Å²) in [5, 5.41) is 12.5. The van der Waals surface area contributed by atoms with Crippen LogP contribution in [0.2, 0.25) is 0 Å². The van der Waals surface area contributed by atoms with E-state index in [1.54, 1.807) is 7.11 Å².